The Morgan fingerprint density at radius 1 is 1.28 bits per heavy atom. The summed E-state index contributed by atoms with van der Waals surface area (Å²) in [6.07, 6.45) is 0.812. The van der Waals surface area contributed by atoms with E-state index in [-0.39, 0.29) is 29.8 Å². The Balaban J connectivity index is 1.42. The molecule has 2 N–H and O–H groups in total. The molecule has 0 radical (unpaired) electrons. The molecule has 6 nitrogen and oxygen atoms in total. The molecule has 1 aliphatic rings. The number of amides is 1. The number of fused-ring (bicyclic) bond motifs is 2. The minimum Gasteiger partial charge on any atom is -0.488 e. The van der Waals surface area contributed by atoms with E-state index in [0.717, 1.165) is 17.7 Å². The van der Waals surface area contributed by atoms with Gasteiger partial charge in [0, 0.05) is 23.4 Å². The van der Waals surface area contributed by atoms with Crippen molar-refractivity contribution in [3.8, 4) is 11.5 Å². The maximum absolute atomic E-state index is 13.4. The van der Waals surface area contributed by atoms with Crippen molar-refractivity contribution in [2.24, 2.45) is 0 Å². The SMILES string of the molecule is CC1(C)Cc2cccc(OCCNC(=O)c3cc(=O)[nH]c4cc(F)ccc34)c2O1. The van der Waals surface area contributed by atoms with Gasteiger partial charge < -0.3 is 19.8 Å². The summed E-state index contributed by atoms with van der Waals surface area (Å²) in [5, 5.41) is 3.21. The van der Waals surface area contributed by atoms with Gasteiger partial charge in [-0.1, -0.05) is 12.1 Å². The smallest absolute Gasteiger partial charge is 0.252 e. The highest BCUT2D eigenvalue weighted by Gasteiger charge is 2.32. The highest BCUT2D eigenvalue weighted by molar-refractivity contribution is 6.05. The van der Waals surface area contributed by atoms with E-state index in [4.69, 9.17) is 9.47 Å². The number of hydrogen-bond acceptors (Lipinski definition) is 4. The largest absolute Gasteiger partial charge is 0.488 e. The van der Waals surface area contributed by atoms with Crippen molar-refractivity contribution >= 4 is 16.8 Å². The van der Waals surface area contributed by atoms with Crippen LogP contribution in [0.4, 0.5) is 4.39 Å². The van der Waals surface area contributed by atoms with Crippen molar-refractivity contribution in [2.75, 3.05) is 13.2 Å². The molecule has 1 amide bonds. The molecule has 150 valence electrons. The third-order valence-corrected chi connectivity index (χ3v) is 4.75. The van der Waals surface area contributed by atoms with Gasteiger partial charge in [0.05, 0.1) is 17.6 Å². The first-order valence-electron chi connectivity index (χ1n) is 9.37. The zero-order chi connectivity index (χ0) is 20.6. The predicted molar refractivity (Wildman–Crippen MR) is 107 cm³/mol. The minimum absolute atomic E-state index is 0.189. The molecular formula is C22H21FN2O4. The van der Waals surface area contributed by atoms with Gasteiger partial charge in [0.1, 0.15) is 18.0 Å². The van der Waals surface area contributed by atoms with Crippen LogP contribution in [0.5, 0.6) is 11.5 Å². The topological polar surface area (TPSA) is 80.4 Å². The van der Waals surface area contributed by atoms with Crippen LogP contribution < -0.4 is 20.3 Å². The zero-order valence-electron chi connectivity index (χ0n) is 16.2. The molecule has 29 heavy (non-hydrogen) atoms. The van der Waals surface area contributed by atoms with Crippen molar-refractivity contribution < 1.29 is 18.7 Å². The van der Waals surface area contributed by atoms with E-state index in [1.807, 2.05) is 32.0 Å². The van der Waals surface area contributed by atoms with Crippen molar-refractivity contribution in [1.29, 1.82) is 0 Å². The van der Waals surface area contributed by atoms with Crippen molar-refractivity contribution in [1.82, 2.24) is 10.3 Å². The molecule has 2 aromatic carbocycles. The van der Waals surface area contributed by atoms with Crippen LogP contribution >= 0.6 is 0 Å². The summed E-state index contributed by atoms with van der Waals surface area (Å²) in [7, 11) is 0. The Morgan fingerprint density at radius 2 is 2.10 bits per heavy atom. The second-order valence-electron chi connectivity index (χ2n) is 7.62. The van der Waals surface area contributed by atoms with Crippen molar-refractivity contribution in [3.05, 3.63) is 69.8 Å². The van der Waals surface area contributed by atoms with Crippen LogP contribution in [0.3, 0.4) is 0 Å². The van der Waals surface area contributed by atoms with Gasteiger partial charge in [-0.2, -0.15) is 0 Å². The van der Waals surface area contributed by atoms with E-state index in [0.29, 0.717) is 11.1 Å². The highest BCUT2D eigenvalue weighted by Crippen LogP contribution is 2.41. The van der Waals surface area contributed by atoms with Crippen LogP contribution in [0.25, 0.3) is 10.9 Å². The second-order valence-corrected chi connectivity index (χ2v) is 7.62. The van der Waals surface area contributed by atoms with Crippen LogP contribution in [0, 0.1) is 5.82 Å². The van der Waals surface area contributed by atoms with Gasteiger partial charge in [0.2, 0.25) is 5.56 Å². The Bertz CT molecular complexity index is 1150. The summed E-state index contributed by atoms with van der Waals surface area (Å²) in [6, 6.07) is 10.9. The number of H-pyrrole nitrogens is 1. The number of carbonyl (C=O) groups is 1. The van der Waals surface area contributed by atoms with E-state index >= 15 is 0 Å². The molecule has 2 heterocycles. The first-order valence-corrected chi connectivity index (χ1v) is 9.37. The number of pyridine rings is 1. The summed E-state index contributed by atoms with van der Waals surface area (Å²) in [5.74, 6) is 0.470. The summed E-state index contributed by atoms with van der Waals surface area (Å²) in [4.78, 5) is 26.9. The quantitative estimate of drug-likeness (QED) is 0.649. The molecule has 0 aliphatic carbocycles. The lowest BCUT2D eigenvalue weighted by atomic mass is 10.0. The molecule has 3 aromatic rings. The number of halogens is 1. The molecule has 0 saturated carbocycles. The van der Waals surface area contributed by atoms with Gasteiger partial charge >= 0.3 is 0 Å². The molecule has 1 aromatic heterocycles. The van der Waals surface area contributed by atoms with Crippen LogP contribution in [0.15, 0.2) is 47.3 Å². The number of rotatable bonds is 5. The first kappa shape index (κ1) is 19.0. The lowest BCUT2D eigenvalue weighted by Crippen LogP contribution is -2.29. The van der Waals surface area contributed by atoms with Crippen molar-refractivity contribution in [2.45, 2.75) is 25.9 Å². The van der Waals surface area contributed by atoms with Gasteiger partial charge in [-0.25, -0.2) is 4.39 Å². The number of aromatic amines is 1. The maximum Gasteiger partial charge on any atom is 0.252 e. The fourth-order valence-corrected chi connectivity index (χ4v) is 3.54. The van der Waals surface area contributed by atoms with Gasteiger partial charge in [0.25, 0.3) is 5.91 Å². The van der Waals surface area contributed by atoms with Crippen LogP contribution in [0.1, 0.15) is 29.8 Å². The van der Waals surface area contributed by atoms with E-state index in [1.165, 1.54) is 24.3 Å². The standard InChI is InChI=1S/C22H21FN2O4/c1-22(2)12-13-4-3-5-18(20(13)29-22)28-9-8-24-21(27)16-11-19(26)25-17-10-14(23)6-7-15(16)17/h3-7,10-11H,8-9,12H2,1-2H3,(H,24,27)(H,25,26). The molecule has 0 bridgehead atoms. The van der Waals surface area contributed by atoms with Crippen LogP contribution in [-0.4, -0.2) is 29.6 Å². The summed E-state index contributed by atoms with van der Waals surface area (Å²) >= 11 is 0. The molecule has 7 heteroatoms. The average molecular weight is 396 g/mol. The van der Waals surface area contributed by atoms with Gasteiger partial charge in [0.15, 0.2) is 11.5 Å². The van der Waals surface area contributed by atoms with Gasteiger partial charge in [-0.3, -0.25) is 9.59 Å². The molecule has 4 rings (SSSR count). The summed E-state index contributed by atoms with van der Waals surface area (Å²) in [5.41, 5.74) is 0.826. The number of para-hydroxylation sites is 1. The Hall–Kier alpha value is -3.35. The van der Waals surface area contributed by atoms with Gasteiger partial charge in [-0.15, -0.1) is 0 Å². The monoisotopic (exact) mass is 396 g/mol. The zero-order valence-corrected chi connectivity index (χ0v) is 16.2. The van der Waals surface area contributed by atoms with E-state index < -0.39 is 17.3 Å². The number of aromatic nitrogens is 1. The second kappa shape index (κ2) is 7.24. The summed E-state index contributed by atoms with van der Waals surface area (Å²) in [6.45, 7) is 4.52. The first-order chi connectivity index (χ1) is 13.8. The van der Waals surface area contributed by atoms with E-state index in [9.17, 15) is 14.0 Å². The van der Waals surface area contributed by atoms with Gasteiger partial charge in [-0.05, 0) is 38.1 Å². The molecule has 0 atom stereocenters. The fourth-order valence-electron chi connectivity index (χ4n) is 3.54. The van der Waals surface area contributed by atoms with E-state index in [2.05, 4.69) is 10.3 Å². The normalized spacial score (nSPS) is 14.3. The third-order valence-electron chi connectivity index (χ3n) is 4.75. The summed E-state index contributed by atoms with van der Waals surface area (Å²) < 4.78 is 25.2. The lowest BCUT2D eigenvalue weighted by Gasteiger charge is -2.18. The van der Waals surface area contributed by atoms with E-state index in [1.54, 1.807) is 0 Å². The Kier molecular flexibility index (Phi) is 4.74. The molecule has 1 aliphatic heterocycles. The average Bonchev–Trinajstić information content (AvgIpc) is 2.98. The molecule has 0 unspecified atom stereocenters. The highest BCUT2D eigenvalue weighted by atomic mass is 19.1. The number of hydrogen-bond donors (Lipinski definition) is 2. The minimum atomic E-state index is -0.486. The Morgan fingerprint density at radius 3 is 2.93 bits per heavy atom. The number of ether oxygens (including phenoxy) is 2. The third kappa shape index (κ3) is 3.94. The molecule has 0 saturated heterocycles. The molecular weight excluding hydrogens is 375 g/mol. The Labute approximate surface area is 166 Å². The molecule has 0 spiro atoms. The predicted octanol–water partition coefficient (Wildman–Crippen LogP) is 3.19. The maximum atomic E-state index is 13.4. The fraction of sp³-hybridized carbons (Fsp3) is 0.273. The molecule has 0 fully saturated rings. The number of nitrogens with one attached hydrogen (secondary N) is 2. The van der Waals surface area contributed by atoms with Crippen LogP contribution in [0.2, 0.25) is 0 Å². The number of carbonyl (C=O) groups excluding carboxylic acids is 1. The van der Waals surface area contributed by atoms with Crippen molar-refractivity contribution in [3.63, 3.8) is 0 Å². The van der Waals surface area contributed by atoms with Crippen LogP contribution in [-0.2, 0) is 6.42 Å². The lowest BCUT2D eigenvalue weighted by molar-refractivity contribution is 0.0947. The number of benzene rings is 2.